The molecule has 0 aromatic heterocycles. The van der Waals surface area contributed by atoms with E-state index in [0.717, 1.165) is 27.2 Å². The summed E-state index contributed by atoms with van der Waals surface area (Å²) in [6.07, 6.45) is 0. The fourth-order valence-corrected chi connectivity index (χ4v) is 7.96. The van der Waals surface area contributed by atoms with Gasteiger partial charge in [-0.15, -0.1) is 0 Å². The zero-order chi connectivity index (χ0) is 21.6. The fraction of sp³-hybridized carbons (Fsp3) is 0.348. The molecule has 1 N–H and O–H groups in total. The highest BCUT2D eigenvalue weighted by molar-refractivity contribution is 9.10. The number of aliphatic carboxylic acids is 1. The maximum absolute atomic E-state index is 13.7. The van der Waals surface area contributed by atoms with Gasteiger partial charge in [-0.05, 0) is 28.2 Å². The Kier molecular flexibility index (Phi) is 4.16. The van der Waals surface area contributed by atoms with Crippen LogP contribution in [-0.4, -0.2) is 33.8 Å². The van der Waals surface area contributed by atoms with Gasteiger partial charge in [0.2, 0.25) is 11.8 Å². The normalized spacial score (nSPS) is 32.1. The molecule has 0 unspecified atom stereocenters. The Morgan fingerprint density at radius 2 is 1.20 bits per heavy atom. The van der Waals surface area contributed by atoms with Gasteiger partial charge >= 0.3 is 5.97 Å². The largest absolute Gasteiger partial charge is 0.480 e. The minimum absolute atomic E-state index is 0.407. The van der Waals surface area contributed by atoms with Crippen molar-refractivity contribution in [2.45, 2.75) is 28.5 Å². The lowest BCUT2D eigenvalue weighted by Gasteiger charge is -2.55. The van der Waals surface area contributed by atoms with E-state index in [2.05, 4.69) is 31.9 Å². The van der Waals surface area contributed by atoms with Crippen LogP contribution in [0.25, 0.3) is 0 Å². The van der Waals surface area contributed by atoms with Gasteiger partial charge in [-0.1, -0.05) is 94.2 Å². The topological polar surface area (TPSA) is 74.7 Å². The number of halogens is 2. The number of carboxylic acid groups (broad SMARTS) is 1. The summed E-state index contributed by atoms with van der Waals surface area (Å²) in [7, 11) is 0. The summed E-state index contributed by atoms with van der Waals surface area (Å²) in [5.74, 6) is -3.92. The summed E-state index contributed by atoms with van der Waals surface area (Å²) >= 11 is 7.82. The SMILES string of the molecule is CC(C)[C@H](C(=O)O)N1C(=O)[C@@H]2[C@@H](C1=O)C1(Br)c3ccccc3C2(Br)c2ccccc21. The fourth-order valence-electron chi connectivity index (χ4n) is 5.66. The average molecular weight is 533 g/mol. The van der Waals surface area contributed by atoms with Crippen LogP contribution in [0.5, 0.6) is 0 Å². The Balaban J connectivity index is 1.82. The van der Waals surface area contributed by atoms with Gasteiger partial charge in [0.25, 0.3) is 0 Å². The zero-order valence-corrected chi connectivity index (χ0v) is 19.5. The minimum Gasteiger partial charge on any atom is -0.480 e. The molecule has 2 amide bonds. The van der Waals surface area contributed by atoms with Gasteiger partial charge < -0.3 is 5.11 Å². The van der Waals surface area contributed by atoms with E-state index < -0.39 is 50.2 Å². The molecule has 3 atom stereocenters. The molecule has 7 heteroatoms. The number of benzene rings is 2. The molecule has 3 aliphatic carbocycles. The van der Waals surface area contributed by atoms with Crippen LogP contribution in [0.2, 0.25) is 0 Å². The Labute approximate surface area is 190 Å². The van der Waals surface area contributed by atoms with Gasteiger partial charge in [0, 0.05) is 0 Å². The Morgan fingerprint density at radius 1 is 0.867 bits per heavy atom. The lowest BCUT2D eigenvalue weighted by molar-refractivity contribution is -0.157. The predicted octanol–water partition coefficient (Wildman–Crippen LogP) is 4.00. The summed E-state index contributed by atoms with van der Waals surface area (Å²) in [6, 6.07) is 14.4. The Bertz CT molecular complexity index is 1010. The van der Waals surface area contributed by atoms with Gasteiger partial charge in [0.1, 0.15) is 6.04 Å². The van der Waals surface area contributed by atoms with Crippen LogP contribution in [0.4, 0.5) is 0 Å². The van der Waals surface area contributed by atoms with Crippen LogP contribution in [0.3, 0.4) is 0 Å². The minimum atomic E-state index is -1.20. The summed E-state index contributed by atoms with van der Waals surface area (Å²) in [5.41, 5.74) is 3.73. The van der Waals surface area contributed by atoms with E-state index in [1.807, 2.05) is 48.5 Å². The molecule has 1 saturated heterocycles. The molecule has 1 heterocycles. The lowest BCUT2D eigenvalue weighted by atomic mass is 9.54. The summed E-state index contributed by atoms with van der Waals surface area (Å²) in [4.78, 5) is 40.5. The van der Waals surface area contributed by atoms with E-state index in [-0.39, 0.29) is 0 Å². The second-order valence-electron chi connectivity index (χ2n) is 8.54. The maximum atomic E-state index is 13.7. The number of amides is 2. The standard InChI is InChI=1S/C23H19Br2NO4/c1-11(2)18(21(29)30)26-19(27)16-17(20(26)28)23(25)13-8-4-3-7-12(13)22(16,24)14-9-5-6-10-15(14)23/h3-11,16-18H,1-2H3,(H,29,30)/t16-,17-,18+,22?,23?/m0/s1. The third-order valence-electron chi connectivity index (χ3n) is 6.78. The first-order valence-corrected chi connectivity index (χ1v) is 11.4. The van der Waals surface area contributed by atoms with E-state index in [0.29, 0.717) is 0 Å². The molecule has 0 saturated carbocycles. The summed E-state index contributed by atoms with van der Waals surface area (Å²) < 4.78 is -1.80. The van der Waals surface area contributed by atoms with Crippen molar-refractivity contribution in [3.8, 4) is 0 Å². The van der Waals surface area contributed by atoms with Gasteiger partial charge in [0.15, 0.2) is 0 Å². The van der Waals surface area contributed by atoms with Crippen molar-refractivity contribution >= 4 is 49.6 Å². The third-order valence-corrected chi connectivity index (χ3v) is 9.48. The van der Waals surface area contributed by atoms with Crippen LogP contribution in [0, 0.1) is 17.8 Å². The predicted molar refractivity (Wildman–Crippen MR) is 117 cm³/mol. The van der Waals surface area contributed by atoms with Crippen LogP contribution in [-0.2, 0) is 23.0 Å². The third kappa shape index (κ3) is 2.10. The van der Waals surface area contributed by atoms with Gasteiger partial charge in [-0.2, -0.15) is 0 Å². The molecule has 5 nitrogen and oxygen atoms in total. The smallest absolute Gasteiger partial charge is 0.327 e. The highest BCUT2D eigenvalue weighted by atomic mass is 79.9. The average Bonchev–Trinajstić information content (AvgIpc) is 2.98. The molecule has 6 rings (SSSR count). The lowest BCUT2D eigenvalue weighted by Crippen LogP contribution is -2.56. The van der Waals surface area contributed by atoms with Crippen molar-refractivity contribution in [3.63, 3.8) is 0 Å². The number of alkyl halides is 2. The van der Waals surface area contributed by atoms with Crippen LogP contribution < -0.4 is 0 Å². The Hall–Kier alpha value is -1.99. The number of imide groups is 1. The molecule has 0 spiro atoms. The zero-order valence-electron chi connectivity index (χ0n) is 16.3. The summed E-state index contributed by atoms with van der Waals surface area (Å²) in [6.45, 7) is 3.43. The van der Waals surface area contributed by atoms with Crippen molar-refractivity contribution in [1.29, 1.82) is 0 Å². The first-order chi connectivity index (χ1) is 14.2. The van der Waals surface area contributed by atoms with Gasteiger partial charge in [-0.3, -0.25) is 14.5 Å². The highest BCUT2D eigenvalue weighted by Gasteiger charge is 2.73. The molecule has 0 radical (unpaired) electrons. The molecule has 1 aliphatic heterocycles. The number of likely N-dealkylation sites (tertiary alicyclic amines) is 1. The van der Waals surface area contributed by atoms with E-state index in [4.69, 9.17) is 0 Å². The van der Waals surface area contributed by atoms with Crippen molar-refractivity contribution < 1.29 is 19.5 Å². The number of nitrogens with zero attached hydrogens (tertiary/aromatic N) is 1. The maximum Gasteiger partial charge on any atom is 0.327 e. The monoisotopic (exact) mass is 531 g/mol. The van der Waals surface area contributed by atoms with Crippen LogP contribution >= 0.6 is 31.9 Å². The number of rotatable bonds is 3. The number of carbonyl (C=O) groups is 3. The number of hydrogen-bond donors (Lipinski definition) is 1. The molecule has 30 heavy (non-hydrogen) atoms. The number of hydrogen-bond acceptors (Lipinski definition) is 3. The van der Waals surface area contributed by atoms with Crippen LogP contribution in [0.1, 0.15) is 36.1 Å². The second kappa shape index (κ2) is 6.26. The molecule has 2 aromatic rings. The van der Waals surface area contributed by atoms with E-state index in [9.17, 15) is 19.5 Å². The number of carbonyl (C=O) groups excluding carboxylic acids is 2. The van der Waals surface area contributed by atoms with Crippen molar-refractivity contribution in [3.05, 3.63) is 70.8 Å². The van der Waals surface area contributed by atoms with Crippen molar-refractivity contribution in [2.75, 3.05) is 0 Å². The van der Waals surface area contributed by atoms with Crippen molar-refractivity contribution in [1.82, 2.24) is 4.90 Å². The van der Waals surface area contributed by atoms with Gasteiger partial charge in [-0.25, -0.2) is 4.79 Å². The first-order valence-electron chi connectivity index (χ1n) is 9.84. The Morgan fingerprint density at radius 3 is 1.47 bits per heavy atom. The van der Waals surface area contributed by atoms with E-state index >= 15 is 0 Å². The van der Waals surface area contributed by atoms with E-state index in [1.165, 1.54) is 0 Å². The number of carboxylic acids is 1. The quantitative estimate of drug-likeness (QED) is 0.479. The highest BCUT2D eigenvalue weighted by Crippen LogP contribution is 2.70. The van der Waals surface area contributed by atoms with Crippen molar-refractivity contribution in [2.24, 2.45) is 17.8 Å². The molecule has 2 aromatic carbocycles. The first kappa shape index (κ1) is 19.9. The summed E-state index contributed by atoms with van der Waals surface area (Å²) in [5, 5.41) is 9.83. The molecule has 154 valence electrons. The molecular formula is C23H19Br2NO4. The van der Waals surface area contributed by atoms with Gasteiger partial charge in [0.05, 0.1) is 20.5 Å². The van der Waals surface area contributed by atoms with Crippen LogP contribution in [0.15, 0.2) is 48.5 Å². The molecule has 2 bridgehead atoms. The molecular weight excluding hydrogens is 514 g/mol. The van der Waals surface area contributed by atoms with E-state index in [1.54, 1.807) is 13.8 Å². The second-order valence-corrected chi connectivity index (χ2v) is 11.0. The molecule has 4 aliphatic rings. The molecule has 1 fully saturated rings.